The van der Waals surface area contributed by atoms with Crippen molar-refractivity contribution < 1.29 is 4.79 Å². The Morgan fingerprint density at radius 2 is 1.72 bits per heavy atom. The molecule has 4 nitrogen and oxygen atoms in total. The summed E-state index contributed by atoms with van der Waals surface area (Å²) in [6, 6.07) is 15.8. The molecule has 1 amide bonds. The molecule has 0 bridgehead atoms. The molecule has 0 aliphatic carbocycles. The maximum atomic E-state index is 12.9. The molecule has 152 valence electrons. The van der Waals surface area contributed by atoms with Gasteiger partial charge >= 0.3 is 0 Å². The van der Waals surface area contributed by atoms with E-state index in [1.165, 1.54) is 32.4 Å². The molecule has 1 N–H and O–H groups in total. The zero-order valence-electron chi connectivity index (χ0n) is 16.7. The second-order valence-corrected chi connectivity index (χ2v) is 8.19. The third-order valence-electron chi connectivity index (χ3n) is 5.75. The first-order valence-corrected chi connectivity index (χ1v) is 10.9. The zero-order valence-corrected chi connectivity index (χ0v) is 17.5. The molecular weight excluding hydrogens is 382 g/mol. The van der Waals surface area contributed by atoms with Crippen LogP contribution in [-0.2, 0) is 13.1 Å². The van der Waals surface area contributed by atoms with Gasteiger partial charge in [0.15, 0.2) is 0 Å². The summed E-state index contributed by atoms with van der Waals surface area (Å²) in [5.41, 5.74) is 2.77. The number of carbonyl (C=O) groups is 1. The number of nitrogens with one attached hydrogen (secondary N) is 1. The number of para-hydroxylation sites is 1. The van der Waals surface area contributed by atoms with E-state index in [2.05, 4.69) is 20.9 Å². The van der Waals surface area contributed by atoms with Crippen LogP contribution in [0.1, 0.15) is 41.6 Å². The molecule has 0 radical (unpaired) electrons. The van der Waals surface area contributed by atoms with E-state index in [0.29, 0.717) is 11.6 Å². The number of likely N-dealkylation sites (tertiary alicyclic amines) is 1. The summed E-state index contributed by atoms with van der Waals surface area (Å²) in [6.45, 7) is 4.92. The van der Waals surface area contributed by atoms with Gasteiger partial charge in [-0.2, -0.15) is 0 Å². The van der Waals surface area contributed by atoms with Crippen LogP contribution >= 0.6 is 11.6 Å². The fourth-order valence-corrected chi connectivity index (χ4v) is 4.38. The highest BCUT2D eigenvalue weighted by Gasteiger charge is 2.16. The largest absolute Gasteiger partial charge is 0.348 e. The first-order valence-electron chi connectivity index (χ1n) is 10.5. The molecule has 1 fully saturated rings. The number of nitrogens with zero attached hydrogens (tertiary/aromatic N) is 2. The summed E-state index contributed by atoms with van der Waals surface area (Å²) in [7, 11) is 0. The summed E-state index contributed by atoms with van der Waals surface area (Å²) in [6.07, 6.45) is 7.11. The predicted octanol–water partition coefficient (Wildman–Crippen LogP) is 5.10. The quantitative estimate of drug-likeness (QED) is 0.589. The Balaban J connectivity index is 1.45. The van der Waals surface area contributed by atoms with Crippen molar-refractivity contribution in [2.24, 2.45) is 0 Å². The molecule has 1 aliphatic heterocycles. The first kappa shape index (κ1) is 20.0. The van der Waals surface area contributed by atoms with Crippen LogP contribution in [0.2, 0.25) is 5.02 Å². The van der Waals surface area contributed by atoms with Crippen molar-refractivity contribution in [2.75, 3.05) is 19.6 Å². The Labute approximate surface area is 177 Å². The average Bonchev–Trinajstić information content (AvgIpc) is 3.13. The molecule has 2 aromatic carbocycles. The molecule has 29 heavy (non-hydrogen) atoms. The van der Waals surface area contributed by atoms with Crippen molar-refractivity contribution in [3.05, 3.63) is 70.9 Å². The Hall–Kier alpha value is -2.30. The number of halogens is 1. The molecule has 0 spiro atoms. The van der Waals surface area contributed by atoms with Gasteiger partial charge in [-0.25, -0.2) is 0 Å². The number of fused-ring (bicyclic) bond motifs is 1. The van der Waals surface area contributed by atoms with Gasteiger partial charge in [-0.1, -0.05) is 54.4 Å². The fraction of sp³-hybridized carbons (Fsp3) is 0.375. The molecule has 4 rings (SSSR count). The van der Waals surface area contributed by atoms with Crippen molar-refractivity contribution in [3.8, 4) is 0 Å². The Kier molecular flexibility index (Phi) is 6.53. The number of hydrogen-bond donors (Lipinski definition) is 1. The van der Waals surface area contributed by atoms with Gasteiger partial charge in [0.1, 0.15) is 0 Å². The molecular formula is C24H28ClN3O. The number of aryl methyl sites for hydroxylation is 1. The SMILES string of the molecule is O=C(NCc1ccccc1Cl)c1cn(CCCN2CCCCC2)c2ccccc12. The minimum absolute atomic E-state index is 0.0594. The van der Waals surface area contributed by atoms with Gasteiger partial charge in [0.25, 0.3) is 5.91 Å². The first-order chi connectivity index (χ1) is 14.2. The molecule has 1 aliphatic rings. The molecule has 5 heteroatoms. The number of aromatic nitrogens is 1. The summed E-state index contributed by atoms with van der Waals surface area (Å²) >= 11 is 6.21. The normalized spacial score (nSPS) is 14.9. The third kappa shape index (κ3) is 4.82. The van der Waals surface area contributed by atoms with Crippen LogP contribution in [0.15, 0.2) is 54.7 Å². The molecule has 2 heterocycles. The van der Waals surface area contributed by atoms with E-state index in [4.69, 9.17) is 11.6 Å². The van der Waals surface area contributed by atoms with E-state index >= 15 is 0 Å². The fourth-order valence-electron chi connectivity index (χ4n) is 4.17. The van der Waals surface area contributed by atoms with Crippen LogP contribution in [0.25, 0.3) is 10.9 Å². The topological polar surface area (TPSA) is 37.3 Å². The predicted molar refractivity (Wildman–Crippen MR) is 119 cm³/mol. The lowest BCUT2D eigenvalue weighted by Crippen LogP contribution is -2.31. The number of carbonyl (C=O) groups excluding carboxylic acids is 1. The number of rotatable bonds is 7. The summed E-state index contributed by atoms with van der Waals surface area (Å²) in [4.78, 5) is 15.5. The third-order valence-corrected chi connectivity index (χ3v) is 6.12. The van der Waals surface area contributed by atoms with Gasteiger partial charge in [0.2, 0.25) is 0 Å². The van der Waals surface area contributed by atoms with Crippen LogP contribution < -0.4 is 5.32 Å². The van der Waals surface area contributed by atoms with Crippen LogP contribution in [0.4, 0.5) is 0 Å². The standard InChI is InChI=1S/C24H28ClN3O/c25-22-11-4-2-9-19(22)17-26-24(29)21-18-28(23-12-5-3-10-20(21)23)16-8-15-27-13-6-1-7-14-27/h2-5,9-12,18H,1,6-8,13-17H2,(H,26,29). The van der Waals surface area contributed by atoms with Gasteiger partial charge in [-0.15, -0.1) is 0 Å². The Bertz CT molecular complexity index is 975. The van der Waals surface area contributed by atoms with E-state index in [0.717, 1.165) is 41.5 Å². The number of hydrogen-bond acceptors (Lipinski definition) is 2. The van der Waals surface area contributed by atoms with Crippen molar-refractivity contribution >= 4 is 28.4 Å². The van der Waals surface area contributed by atoms with E-state index in [9.17, 15) is 4.79 Å². The summed E-state index contributed by atoms with van der Waals surface area (Å²) in [5, 5.41) is 4.70. The van der Waals surface area contributed by atoms with Crippen LogP contribution in [0.3, 0.4) is 0 Å². The number of benzene rings is 2. The highest BCUT2D eigenvalue weighted by Crippen LogP contribution is 2.22. The zero-order chi connectivity index (χ0) is 20.1. The molecule has 0 saturated carbocycles. The van der Waals surface area contributed by atoms with Gasteiger partial charge in [-0.3, -0.25) is 4.79 Å². The van der Waals surface area contributed by atoms with Crippen molar-refractivity contribution in [1.29, 1.82) is 0 Å². The van der Waals surface area contributed by atoms with E-state index < -0.39 is 0 Å². The Morgan fingerprint density at radius 3 is 2.55 bits per heavy atom. The number of amides is 1. The lowest BCUT2D eigenvalue weighted by atomic mass is 10.1. The maximum absolute atomic E-state index is 12.9. The number of piperidine rings is 1. The molecule has 3 aromatic rings. The highest BCUT2D eigenvalue weighted by atomic mass is 35.5. The van der Waals surface area contributed by atoms with E-state index in [1.807, 2.05) is 48.7 Å². The maximum Gasteiger partial charge on any atom is 0.253 e. The molecule has 1 aromatic heterocycles. The van der Waals surface area contributed by atoms with Gasteiger partial charge in [0, 0.05) is 35.2 Å². The van der Waals surface area contributed by atoms with Crippen LogP contribution in [-0.4, -0.2) is 35.0 Å². The van der Waals surface area contributed by atoms with Crippen molar-refractivity contribution in [1.82, 2.24) is 14.8 Å². The van der Waals surface area contributed by atoms with Gasteiger partial charge in [-0.05, 0) is 56.6 Å². The summed E-state index contributed by atoms with van der Waals surface area (Å²) < 4.78 is 2.23. The molecule has 0 atom stereocenters. The van der Waals surface area contributed by atoms with E-state index in [-0.39, 0.29) is 5.91 Å². The van der Waals surface area contributed by atoms with Crippen molar-refractivity contribution in [2.45, 2.75) is 38.8 Å². The highest BCUT2D eigenvalue weighted by molar-refractivity contribution is 6.31. The molecule has 1 saturated heterocycles. The minimum Gasteiger partial charge on any atom is -0.348 e. The lowest BCUT2D eigenvalue weighted by Gasteiger charge is -2.26. The average molecular weight is 410 g/mol. The van der Waals surface area contributed by atoms with E-state index in [1.54, 1.807) is 0 Å². The Morgan fingerprint density at radius 1 is 0.966 bits per heavy atom. The monoisotopic (exact) mass is 409 g/mol. The minimum atomic E-state index is -0.0594. The van der Waals surface area contributed by atoms with Gasteiger partial charge in [0.05, 0.1) is 5.56 Å². The smallest absolute Gasteiger partial charge is 0.253 e. The van der Waals surface area contributed by atoms with Crippen molar-refractivity contribution in [3.63, 3.8) is 0 Å². The second-order valence-electron chi connectivity index (χ2n) is 7.78. The van der Waals surface area contributed by atoms with Gasteiger partial charge < -0.3 is 14.8 Å². The van der Waals surface area contributed by atoms with Crippen LogP contribution in [0, 0.1) is 0 Å². The lowest BCUT2D eigenvalue weighted by molar-refractivity contribution is 0.0952. The van der Waals surface area contributed by atoms with Crippen LogP contribution in [0.5, 0.6) is 0 Å². The second kappa shape index (κ2) is 9.47. The molecule has 0 unspecified atom stereocenters. The summed E-state index contributed by atoms with van der Waals surface area (Å²) in [5.74, 6) is -0.0594.